The Kier molecular flexibility index (Phi) is 8.68. The van der Waals surface area contributed by atoms with Gasteiger partial charge in [0.25, 0.3) is 0 Å². The van der Waals surface area contributed by atoms with Crippen molar-refractivity contribution in [1.82, 2.24) is 5.32 Å². The zero-order valence-electron chi connectivity index (χ0n) is 20.5. The molecule has 0 aliphatic heterocycles. The van der Waals surface area contributed by atoms with Gasteiger partial charge in [0.05, 0.1) is 6.61 Å². The summed E-state index contributed by atoms with van der Waals surface area (Å²) in [6.45, 7) is 7.58. The highest BCUT2D eigenvalue weighted by Gasteiger charge is 2.25. The van der Waals surface area contributed by atoms with Crippen LogP contribution in [-0.2, 0) is 20.9 Å². The van der Waals surface area contributed by atoms with E-state index in [2.05, 4.69) is 5.32 Å². The molecule has 182 valence electrons. The van der Waals surface area contributed by atoms with Gasteiger partial charge in [0.2, 0.25) is 0 Å². The zero-order chi connectivity index (χ0) is 25.3. The van der Waals surface area contributed by atoms with Gasteiger partial charge in [-0.15, -0.1) is 0 Å². The number of carbonyl (C=O) groups excluding carboxylic acids is 2. The summed E-state index contributed by atoms with van der Waals surface area (Å²) in [7, 11) is 0. The maximum absolute atomic E-state index is 13.0. The van der Waals surface area contributed by atoms with Gasteiger partial charge >= 0.3 is 12.1 Å². The maximum Gasteiger partial charge on any atom is 0.412 e. The molecule has 3 aromatic rings. The van der Waals surface area contributed by atoms with Crippen LogP contribution in [0.4, 0.5) is 4.79 Å². The van der Waals surface area contributed by atoms with Crippen molar-refractivity contribution in [3.05, 3.63) is 107 Å². The molecule has 0 aromatic heterocycles. The molecule has 1 N–H and O–H groups in total. The topological polar surface area (TPSA) is 73.9 Å². The Bertz CT molecular complexity index is 1150. The number of ether oxygens (including phenoxy) is 3. The Morgan fingerprint density at radius 2 is 1.37 bits per heavy atom. The van der Waals surface area contributed by atoms with Gasteiger partial charge in [-0.3, -0.25) is 5.32 Å². The molecule has 1 amide bonds. The number of hydrogen-bond acceptors (Lipinski definition) is 5. The SMILES string of the molecule is CCOC(=O)/C(NC(=O)OC(C)(C)C)=C(/c1ccccc1)c1ccc(OCc2ccccc2)cc1. The fourth-order valence-corrected chi connectivity index (χ4v) is 3.34. The first kappa shape index (κ1) is 25.6. The molecule has 0 atom stereocenters. The highest BCUT2D eigenvalue weighted by molar-refractivity contribution is 6.03. The Morgan fingerprint density at radius 3 is 1.94 bits per heavy atom. The molecule has 3 aromatic carbocycles. The number of carbonyl (C=O) groups is 2. The molecule has 0 aliphatic rings. The van der Waals surface area contributed by atoms with Gasteiger partial charge in [0.1, 0.15) is 23.7 Å². The van der Waals surface area contributed by atoms with E-state index in [-0.39, 0.29) is 12.3 Å². The first-order valence-corrected chi connectivity index (χ1v) is 11.5. The van der Waals surface area contributed by atoms with E-state index in [1.54, 1.807) is 27.7 Å². The Balaban J connectivity index is 1.99. The standard InChI is InChI=1S/C29H31NO5/c1-5-33-27(31)26(30-28(32)35-29(2,3)4)25(22-14-10-7-11-15-22)23-16-18-24(19-17-23)34-20-21-12-8-6-9-13-21/h6-19H,5,20H2,1-4H3,(H,30,32)/b26-25+. The lowest BCUT2D eigenvalue weighted by atomic mass is 9.95. The average Bonchev–Trinajstić information content (AvgIpc) is 2.83. The minimum Gasteiger partial charge on any atom is -0.489 e. The maximum atomic E-state index is 13.0. The highest BCUT2D eigenvalue weighted by Crippen LogP contribution is 2.29. The molecule has 35 heavy (non-hydrogen) atoms. The largest absolute Gasteiger partial charge is 0.489 e. The number of amides is 1. The molecule has 6 nitrogen and oxygen atoms in total. The van der Waals surface area contributed by atoms with Gasteiger partial charge in [-0.2, -0.15) is 0 Å². The summed E-state index contributed by atoms with van der Waals surface area (Å²) < 4.78 is 16.6. The molecule has 0 fully saturated rings. The van der Waals surface area contributed by atoms with Crippen molar-refractivity contribution in [2.75, 3.05) is 6.61 Å². The average molecular weight is 474 g/mol. The minimum absolute atomic E-state index is 0.00486. The minimum atomic E-state index is -0.739. The molecule has 0 bridgehead atoms. The number of hydrogen-bond donors (Lipinski definition) is 1. The van der Waals surface area contributed by atoms with Crippen LogP contribution in [0.25, 0.3) is 5.57 Å². The number of benzene rings is 3. The zero-order valence-corrected chi connectivity index (χ0v) is 20.5. The summed E-state index contributed by atoms with van der Waals surface area (Å²) >= 11 is 0. The fourth-order valence-electron chi connectivity index (χ4n) is 3.34. The number of alkyl carbamates (subject to hydrolysis) is 1. The summed E-state index contributed by atoms with van der Waals surface area (Å²) in [6, 6.07) is 26.6. The van der Waals surface area contributed by atoms with E-state index in [1.165, 1.54) is 0 Å². The van der Waals surface area contributed by atoms with Crippen molar-refractivity contribution in [1.29, 1.82) is 0 Å². The molecule has 0 unspecified atom stereocenters. The smallest absolute Gasteiger partial charge is 0.412 e. The van der Waals surface area contributed by atoms with Crippen LogP contribution in [0.15, 0.2) is 90.6 Å². The Labute approximate surface area is 206 Å². The van der Waals surface area contributed by atoms with E-state index in [0.29, 0.717) is 23.5 Å². The van der Waals surface area contributed by atoms with Crippen molar-refractivity contribution >= 4 is 17.6 Å². The van der Waals surface area contributed by atoms with Crippen molar-refractivity contribution < 1.29 is 23.8 Å². The summed E-state index contributed by atoms with van der Waals surface area (Å²) in [4.78, 5) is 25.6. The molecule has 0 heterocycles. The molecular formula is C29H31NO5. The second-order valence-corrected chi connectivity index (χ2v) is 8.76. The third kappa shape index (κ3) is 7.74. The van der Waals surface area contributed by atoms with Gasteiger partial charge in [-0.05, 0) is 56.5 Å². The van der Waals surface area contributed by atoms with Crippen LogP contribution < -0.4 is 10.1 Å². The van der Waals surface area contributed by atoms with Crippen LogP contribution in [0.1, 0.15) is 44.4 Å². The van der Waals surface area contributed by atoms with Crippen LogP contribution in [0.3, 0.4) is 0 Å². The quantitative estimate of drug-likeness (QED) is 0.315. The molecule has 3 rings (SSSR count). The third-order valence-electron chi connectivity index (χ3n) is 4.81. The Hall–Kier alpha value is -4.06. The van der Waals surface area contributed by atoms with Gasteiger partial charge in [-0.1, -0.05) is 72.8 Å². The first-order chi connectivity index (χ1) is 16.8. The monoisotopic (exact) mass is 473 g/mol. The second-order valence-electron chi connectivity index (χ2n) is 8.76. The van der Waals surface area contributed by atoms with Crippen molar-refractivity contribution in [3.8, 4) is 5.75 Å². The molecule has 0 saturated carbocycles. The van der Waals surface area contributed by atoms with E-state index in [0.717, 1.165) is 11.1 Å². The predicted octanol–water partition coefficient (Wildman–Crippen LogP) is 6.11. The van der Waals surface area contributed by atoms with E-state index >= 15 is 0 Å². The van der Waals surface area contributed by atoms with E-state index in [1.807, 2.05) is 84.9 Å². The van der Waals surface area contributed by atoms with Crippen LogP contribution in [0.2, 0.25) is 0 Å². The Morgan fingerprint density at radius 1 is 0.800 bits per heavy atom. The van der Waals surface area contributed by atoms with Crippen molar-refractivity contribution in [2.45, 2.75) is 39.9 Å². The van der Waals surface area contributed by atoms with Gasteiger partial charge in [-0.25, -0.2) is 9.59 Å². The number of esters is 1. The predicted molar refractivity (Wildman–Crippen MR) is 136 cm³/mol. The van der Waals surface area contributed by atoms with Gasteiger partial charge < -0.3 is 14.2 Å². The molecule has 0 saturated heterocycles. The van der Waals surface area contributed by atoms with Crippen LogP contribution in [0.5, 0.6) is 5.75 Å². The molecular weight excluding hydrogens is 442 g/mol. The third-order valence-corrected chi connectivity index (χ3v) is 4.81. The normalized spacial score (nSPS) is 11.8. The van der Waals surface area contributed by atoms with Crippen molar-refractivity contribution in [3.63, 3.8) is 0 Å². The van der Waals surface area contributed by atoms with Crippen LogP contribution in [0, 0.1) is 0 Å². The fraction of sp³-hybridized carbons (Fsp3) is 0.241. The van der Waals surface area contributed by atoms with Gasteiger partial charge in [0.15, 0.2) is 0 Å². The lowest BCUT2D eigenvalue weighted by molar-refractivity contribution is -0.138. The van der Waals surface area contributed by atoms with E-state index < -0.39 is 17.7 Å². The summed E-state index contributed by atoms with van der Waals surface area (Å²) in [6.07, 6.45) is -0.739. The number of rotatable bonds is 8. The lowest BCUT2D eigenvalue weighted by Gasteiger charge is -2.22. The second kappa shape index (κ2) is 11.9. The van der Waals surface area contributed by atoms with Crippen LogP contribution in [-0.4, -0.2) is 24.3 Å². The summed E-state index contributed by atoms with van der Waals surface area (Å²) in [5.74, 6) is 0.0319. The molecule has 0 aliphatic carbocycles. The highest BCUT2D eigenvalue weighted by atomic mass is 16.6. The molecule has 0 radical (unpaired) electrons. The van der Waals surface area contributed by atoms with E-state index in [4.69, 9.17) is 14.2 Å². The van der Waals surface area contributed by atoms with Gasteiger partial charge in [0, 0.05) is 5.57 Å². The summed E-state index contributed by atoms with van der Waals surface area (Å²) in [5, 5.41) is 2.63. The van der Waals surface area contributed by atoms with Crippen LogP contribution >= 0.6 is 0 Å². The number of nitrogens with one attached hydrogen (secondary N) is 1. The van der Waals surface area contributed by atoms with E-state index in [9.17, 15) is 9.59 Å². The van der Waals surface area contributed by atoms with Crippen molar-refractivity contribution in [2.24, 2.45) is 0 Å². The summed E-state index contributed by atoms with van der Waals surface area (Å²) in [5.41, 5.74) is 2.31. The molecule has 0 spiro atoms. The molecule has 6 heteroatoms. The first-order valence-electron chi connectivity index (χ1n) is 11.5. The lowest BCUT2D eigenvalue weighted by Crippen LogP contribution is -2.35.